The Bertz CT molecular complexity index is 1240. The van der Waals surface area contributed by atoms with Crippen LogP contribution in [0.4, 0.5) is 0 Å². The highest BCUT2D eigenvalue weighted by Gasteiger charge is 2.12. The standard InChI is InChI=1S/C21H14BrClN2O2S/c1-28(27,19-7-4-6-18(23)12-19)25-21(26)17-11-15(13-24-14-17)9-10-16-5-2-3-8-20(16)22/h2-8,11-14H,1H3. The Balaban J connectivity index is 1.91. The van der Waals surface area contributed by atoms with Crippen molar-refractivity contribution in [2.24, 2.45) is 4.36 Å². The summed E-state index contributed by atoms with van der Waals surface area (Å²) in [6.45, 7) is 0. The van der Waals surface area contributed by atoms with Crippen molar-refractivity contribution in [2.75, 3.05) is 6.26 Å². The highest BCUT2D eigenvalue weighted by atomic mass is 79.9. The number of benzene rings is 2. The molecule has 1 heterocycles. The fourth-order valence-corrected chi connectivity index (χ4v) is 4.14. The molecule has 3 aromatic rings. The summed E-state index contributed by atoms with van der Waals surface area (Å²) in [7, 11) is -2.93. The van der Waals surface area contributed by atoms with Gasteiger partial charge in [-0.3, -0.25) is 9.78 Å². The quantitative estimate of drug-likeness (QED) is 0.481. The van der Waals surface area contributed by atoms with Gasteiger partial charge >= 0.3 is 0 Å². The average Bonchev–Trinajstić information content (AvgIpc) is 2.67. The molecule has 4 nitrogen and oxygen atoms in total. The topological polar surface area (TPSA) is 59.4 Å². The van der Waals surface area contributed by atoms with Crippen LogP contribution in [-0.4, -0.2) is 21.4 Å². The highest BCUT2D eigenvalue weighted by Crippen LogP contribution is 2.18. The first-order valence-corrected chi connectivity index (χ1v) is 11.2. The zero-order valence-electron chi connectivity index (χ0n) is 14.7. The number of aromatic nitrogens is 1. The first kappa shape index (κ1) is 20.3. The van der Waals surface area contributed by atoms with Crippen molar-refractivity contribution in [2.45, 2.75) is 4.90 Å². The molecule has 0 saturated carbocycles. The molecule has 0 bridgehead atoms. The third-order valence-electron chi connectivity index (χ3n) is 3.69. The largest absolute Gasteiger partial charge is 0.286 e. The lowest BCUT2D eigenvalue weighted by Crippen LogP contribution is -2.04. The Hall–Kier alpha value is -2.46. The van der Waals surface area contributed by atoms with Crippen LogP contribution < -0.4 is 0 Å². The summed E-state index contributed by atoms with van der Waals surface area (Å²) in [6.07, 6.45) is 4.34. The first-order valence-electron chi connectivity index (χ1n) is 8.09. The second-order valence-corrected chi connectivity index (χ2v) is 9.40. The number of halogens is 2. The third-order valence-corrected chi connectivity index (χ3v) is 6.26. The van der Waals surface area contributed by atoms with Crippen LogP contribution >= 0.6 is 27.5 Å². The predicted octanol–water partition coefficient (Wildman–Crippen LogP) is 5.19. The van der Waals surface area contributed by atoms with Gasteiger partial charge in [-0.05, 0) is 52.3 Å². The van der Waals surface area contributed by atoms with Crippen molar-refractivity contribution in [3.63, 3.8) is 0 Å². The van der Waals surface area contributed by atoms with Gasteiger partial charge in [-0.1, -0.05) is 41.6 Å². The van der Waals surface area contributed by atoms with Gasteiger partial charge in [0.05, 0.1) is 15.3 Å². The Morgan fingerprint density at radius 3 is 2.64 bits per heavy atom. The van der Waals surface area contributed by atoms with Gasteiger partial charge < -0.3 is 0 Å². The number of hydrogen-bond donors (Lipinski definition) is 0. The molecule has 7 heteroatoms. The maximum absolute atomic E-state index is 12.9. The minimum Gasteiger partial charge on any atom is -0.266 e. The summed E-state index contributed by atoms with van der Waals surface area (Å²) in [5.41, 5.74) is 1.60. The smallest absolute Gasteiger partial charge is 0.266 e. The Morgan fingerprint density at radius 1 is 1.11 bits per heavy atom. The summed E-state index contributed by atoms with van der Waals surface area (Å²) in [5.74, 6) is 5.38. The van der Waals surface area contributed by atoms with E-state index in [0.717, 1.165) is 10.0 Å². The van der Waals surface area contributed by atoms with Gasteiger partial charge in [-0.15, -0.1) is 0 Å². The Labute approximate surface area is 177 Å². The number of carbonyl (C=O) groups excluding carboxylic acids is 1. The summed E-state index contributed by atoms with van der Waals surface area (Å²) in [5, 5.41) is 0.431. The first-order chi connectivity index (χ1) is 13.3. The van der Waals surface area contributed by atoms with E-state index in [2.05, 4.69) is 37.1 Å². The second-order valence-electron chi connectivity index (χ2n) is 5.85. The number of rotatable bonds is 2. The lowest BCUT2D eigenvalue weighted by molar-refractivity contribution is 0.100. The van der Waals surface area contributed by atoms with Crippen LogP contribution in [0.5, 0.6) is 0 Å². The average molecular weight is 474 g/mol. The zero-order valence-corrected chi connectivity index (χ0v) is 17.9. The normalized spacial score (nSPS) is 12.4. The highest BCUT2D eigenvalue weighted by molar-refractivity contribution is 9.10. The molecule has 0 spiro atoms. The molecule has 2 aromatic carbocycles. The molecule has 1 amide bonds. The van der Waals surface area contributed by atoms with Crippen LogP contribution in [-0.2, 0) is 9.73 Å². The van der Waals surface area contributed by atoms with Gasteiger partial charge in [0.1, 0.15) is 0 Å². The number of hydrogen-bond acceptors (Lipinski definition) is 3. The van der Waals surface area contributed by atoms with Gasteiger partial charge in [0.2, 0.25) is 0 Å². The SMILES string of the molecule is CS(=O)(=NC(=O)c1cncc(C#Cc2ccccc2Br)c1)c1cccc(Cl)c1. The van der Waals surface area contributed by atoms with Gasteiger partial charge in [-0.25, -0.2) is 4.21 Å². The van der Waals surface area contributed by atoms with E-state index in [0.29, 0.717) is 15.5 Å². The monoisotopic (exact) mass is 472 g/mol. The van der Waals surface area contributed by atoms with Crippen molar-refractivity contribution in [3.8, 4) is 11.8 Å². The summed E-state index contributed by atoms with van der Waals surface area (Å²) in [6, 6.07) is 15.7. The summed E-state index contributed by atoms with van der Waals surface area (Å²) < 4.78 is 17.6. The molecular weight excluding hydrogens is 460 g/mol. The van der Waals surface area contributed by atoms with E-state index in [1.807, 2.05) is 24.3 Å². The molecular formula is C21H14BrClN2O2S. The maximum Gasteiger partial charge on any atom is 0.286 e. The summed E-state index contributed by atoms with van der Waals surface area (Å²) >= 11 is 9.38. The molecule has 1 unspecified atom stereocenters. The molecule has 0 fully saturated rings. The Kier molecular flexibility index (Phi) is 6.30. The van der Waals surface area contributed by atoms with Crippen molar-refractivity contribution >= 4 is 43.2 Å². The van der Waals surface area contributed by atoms with Gasteiger partial charge in [0, 0.05) is 44.2 Å². The number of amides is 1. The number of carbonyl (C=O) groups is 1. The zero-order chi connectivity index (χ0) is 20.1. The molecule has 0 aliphatic rings. The van der Waals surface area contributed by atoms with Crippen molar-refractivity contribution in [3.05, 3.63) is 93.2 Å². The van der Waals surface area contributed by atoms with E-state index < -0.39 is 15.6 Å². The summed E-state index contributed by atoms with van der Waals surface area (Å²) in [4.78, 5) is 17.0. The molecule has 0 saturated heterocycles. The van der Waals surface area contributed by atoms with E-state index in [1.165, 1.54) is 12.5 Å². The van der Waals surface area contributed by atoms with Crippen LogP contribution in [0.25, 0.3) is 0 Å². The molecule has 28 heavy (non-hydrogen) atoms. The van der Waals surface area contributed by atoms with E-state index in [1.54, 1.807) is 36.5 Å². The lowest BCUT2D eigenvalue weighted by atomic mass is 10.2. The number of nitrogens with zero attached hydrogens (tertiary/aromatic N) is 2. The minimum atomic E-state index is -2.93. The molecule has 140 valence electrons. The Morgan fingerprint density at radius 2 is 1.89 bits per heavy atom. The van der Waals surface area contributed by atoms with Gasteiger partial charge in [0.15, 0.2) is 0 Å². The molecule has 0 aliphatic heterocycles. The van der Waals surface area contributed by atoms with Crippen LogP contribution in [0.3, 0.4) is 0 Å². The molecule has 0 radical (unpaired) electrons. The second kappa shape index (κ2) is 8.70. The van der Waals surface area contributed by atoms with Crippen LogP contribution in [0.15, 0.2) is 80.7 Å². The van der Waals surface area contributed by atoms with Crippen molar-refractivity contribution < 1.29 is 9.00 Å². The number of pyridine rings is 1. The van der Waals surface area contributed by atoms with E-state index in [4.69, 9.17) is 11.6 Å². The maximum atomic E-state index is 12.9. The predicted molar refractivity (Wildman–Crippen MR) is 115 cm³/mol. The van der Waals surface area contributed by atoms with Gasteiger partial charge in [-0.2, -0.15) is 4.36 Å². The van der Waals surface area contributed by atoms with Crippen LogP contribution in [0, 0.1) is 11.8 Å². The molecule has 0 N–H and O–H groups in total. The molecule has 3 rings (SSSR count). The van der Waals surface area contributed by atoms with E-state index in [9.17, 15) is 9.00 Å². The fraction of sp³-hybridized carbons (Fsp3) is 0.0476. The van der Waals surface area contributed by atoms with Crippen LogP contribution in [0.2, 0.25) is 5.02 Å². The van der Waals surface area contributed by atoms with Crippen molar-refractivity contribution in [1.82, 2.24) is 4.98 Å². The van der Waals surface area contributed by atoms with E-state index in [-0.39, 0.29) is 5.56 Å². The molecule has 0 aliphatic carbocycles. The lowest BCUT2D eigenvalue weighted by Gasteiger charge is -2.04. The van der Waals surface area contributed by atoms with Gasteiger partial charge in [0.25, 0.3) is 5.91 Å². The van der Waals surface area contributed by atoms with E-state index >= 15 is 0 Å². The third kappa shape index (κ3) is 5.08. The van der Waals surface area contributed by atoms with Crippen molar-refractivity contribution in [1.29, 1.82) is 0 Å². The van der Waals surface area contributed by atoms with Crippen LogP contribution in [0.1, 0.15) is 21.5 Å². The molecule has 1 atom stereocenters. The molecule has 1 aromatic heterocycles. The minimum absolute atomic E-state index is 0.218. The fourth-order valence-electron chi connectivity index (χ4n) is 2.29.